The largest absolute Gasteiger partial charge is 0.349 e. The maximum Gasteiger partial charge on any atom is 0.287 e. The Morgan fingerprint density at radius 1 is 1.18 bits per heavy atom. The van der Waals surface area contributed by atoms with Crippen LogP contribution in [0.15, 0.2) is 58.4 Å². The molecule has 1 amide bonds. The summed E-state index contributed by atoms with van der Waals surface area (Å²) in [7, 11) is 0. The van der Waals surface area contributed by atoms with Gasteiger partial charge in [-0.15, -0.1) is 0 Å². The molecule has 112 valence electrons. The van der Waals surface area contributed by atoms with Crippen LogP contribution in [0, 0.1) is 6.92 Å². The smallest absolute Gasteiger partial charge is 0.287 e. The van der Waals surface area contributed by atoms with Gasteiger partial charge in [-0.05, 0) is 48.6 Å². The summed E-state index contributed by atoms with van der Waals surface area (Å²) < 4.78 is 2.99. The molecule has 0 aliphatic carbocycles. The van der Waals surface area contributed by atoms with Crippen molar-refractivity contribution >= 4 is 29.4 Å². The van der Waals surface area contributed by atoms with Gasteiger partial charge in [0.25, 0.3) is 5.91 Å². The van der Waals surface area contributed by atoms with Crippen molar-refractivity contribution < 1.29 is 4.79 Å². The molecule has 2 aromatic rings. The SMILES string of the molecule is Cc1ccccc1CCNC(=O)C1=Nc2ccccc2SN1. The first kappa shape index (κ1) is 14.7. The van der Waals surface area contributed by atoms with Crippen LogP contribution in [0.5, 0.6) is 0 Å². The van der Waals surface area contributed by atoms with Crippen molar-refractivity contribution in [2.45, 2.75) is 18.2 Å². The van der Waals surface area contributed by atoms with Crippen LogP contribution in [0.4, 0.5) is 5.69 Å². The second kappa shape index (κ2) is 6.66. The molecule has 3 rings (SSSR count). The Balaban J connectivity index is 1.59. The van der Waals surface area contributed by atoms with Crippen LogP contribution >= 0.6 is 11.9 Å². The average Bonchev–Trinajstić information content (AvgIpc) is 2.56. The van der Waals surface area contributed by atoms with Gasteiger partial charge in [0.15, 0.2) is 0 Å². The van der Waals surface area contributed by atoms with Gasteiger partial charge in [-0.2, -0.15) is 0 Å². The van der Waals surface area contributed by atoms with Crippen molar-refractivity contribution in [1.29, 1.82) is 0 Å². The quantitative estimate of drug-likeness (QED) is 0.854. The topological polar surface area (TPSA) is 53.5 Å². The van der Waals surface area contributed by atoms with E-state index in [4.69, 9.17) is 0 Å². The van der Waals surface area contributed by atoms with Crippen LogP contribution in [0.2, 0.25) is 0 Å². The third-order valence-corrected chi connectivity index (χ3v) is 4.37. The zero-order valence-electron chi connectivity index (χ0n) is 12.3. The van der Waals surface area contributed by atoms with Gasteiger partial charge in [0.1, 0.15) is 0 Å². The first-order valence-corrected chi connectivity index (χ1v) is 7.99. The van der Waals surface area contributed by atoms with Crippen LogP contribution in [0.3, 0.4) is 0 Å². The zero-order chi connectivity index (χ0) is 15.4. The lowest BCUT2D eigenvalue weighted by Crippen LogP contribution is -2.39. The molecule has 0 aromatic heterocycles. The van der Waals surface area contributed by atoms with E-state index in [2.05, 4.69) is 34.1 Å². The number of nitrogens with zero attached hydrogens (tertiary/aromatic N) is 1. The molecular weight excluding hydrogens is 294 g/mol. The Bertz CT molecular complexity index is 727. The van der Waals surface area contributed by atoms with E-state index >= 15 is 0 Å². The highest BCUT2D eigenvalue weighted by molar-refractivity contribution is 7.98. The molecule has 0 saturated carbocycles. The highest BCUT2D eigenvalue weighted by atomic mass is 32.2. The van der Waals surface area contributed by atoms with E-state index in [0.29, 0.717) is 12.4 Å². The molecule has 5 heteroatoms. The molecule has 1 heterocycles. The minimum atomic E-state index is -0.171. The first-order chi connectivity index (χ1) is 10.7. The standard InChI is InChI=1S/C17H17N3OS/c1-12-6-2-3-7-13(12)10-11-18-17(21)16-19-14-8-4-5-9-15(14)22-20-16/h2-9H,10-11H2,1H3,(H,18,21)(H,19,20). The molecule has 0 saturated heterocycles. The number of para-hydroxylation sites is 1. The average molecular weight is 311 g/mol. The maximum absolute atomic E-state index is 12.2. The number of rotatable bonds is 4. The number of amidine groups is 1. The van der Waals surface area contributed by atoms with Crippen LogP contribution in [-0.2, 0) is 11.2 Å². The van der Waals surface area contributed by atoms with Crippen molar-refractivity contribution in [2.24, 2.45) is 4.99 Å². The third kappa shape index (κ3) is 3.31. The van der Waals surface area contributed by atoms with Crippen LogP contribution in [-0.4, -0.2) is 18.3 Å². The van der Waals surface area contributed by atoms with Crippen molar-refractivity contribution in [3.63, 3.8) is 0 Å². The second-order valence-electron chi connectivity index (χ2n) is 5.06. The predicted octanol–water partition coefficient (Wildman–Crippen LogP) is 2.99. The Morgan fingerprint density at radius 2 is 1.95 bits per heavy atom. The molecule has 0 bridgehead atoms. The summed E-state index contributed by atoms with van der Waals surface area (Å²) >= 11 is 1.42. The maximum atomic E-state index is 12.2. The van der Waals surface area contributed by atoms with Gasteiger partial charge in [-0.3, -0.25) is 4.79 Å². The van der Waals surface area contributed by atoms with Crippen molar-refractivity contribution in [2.75, 3.05) is 6.54 Å². The summed E-state index contributed by atoms with van der Waals surface area (Å²) in [5.41, 5.74) is 3.32. The van der Waals surface area contributed by atoms with Gasteiger partial charge in [0.2, 0.25) is 5.84 Å². The fourth-order valence-electron chi connectivity index (χ4n) is 2.26. The van der Waals surface area contributed by atoms with E-state index in [1.807, 2.05) is 36.4 Å². The lowest BCUT2D eigenvalue weighted by atomic mass is 10.1. The highest BCUT2D eigenvalue weighted by Crippen LogP contribution is 2.30. The molecule has 2 aromatic carbocycles. The summed E-state index contributed by atoms with van der Waals surface area (Å²) in [6.45, 7) is 2.67. The molecule has 0 fully saturated rings. The van der Waals surface area contributed by atoms with E-state index in [9.17, 15) is 4.79 Å². The number of benzene rings is 2. The molecule has 0 atom stereocenters. The number of carbonyl (C=O) groups is 1. The Hall–Kier alpha value is -2.27. The first-order valence-electron chi connectivity index (χ1n) is 7.17. The molecule has 0 spiro atoms. The number of nitrogens with one attached hydrogen (secondary N) is 2. The van der Waals surface area contributed by atoms with Crippen LogP contribution < -0.4 is 10.0 Å². The number of aryl methyl sites for hydroxylation is 1. The fraction of sp³-hybridized carbons (Fsp3) is 0.176. The van der Waals surface area contributed by atoms with Crippen molar-refractivity contribution in [1.82, 2.24) is 10.0 Å². The number of hydrogen-bond acceptors (Lipinski definition) is 4. The minimum Gasteiger partial charge on any atom is -0.349 e. The predicted molar refractivity (Wildman–Crippen MR) is 90.4 cm³/mol. The summed E-state index contributed by atoms with van der Waals surface area (Å²) in [6.07, 6.45) is 0.815. The number of fused-ring (bicyclic) bond motifs is 1. The van der Waals surface area contributed by atoms with Gasteiger partial charge in [0.05, 0.1) is 10.6 Å². The lowest BCUT2D eigenvalue weighted by Gasteiger charge is -2.16. The third-order valence-electron chi connectivity index (χ3n) is 3.51. The van der Waals surface area contributed by atoms with Gasteiger partial charge < -0.3 is 10.0 Å². The van der Waals surface area contributed by atoms with E-state index in [1.54, 1.807) is 0 Å². The Morgan fingerprint density at radius 3 is 2.82 bits per heavy atom. The van der Waals surface area contributed by atoms with Gasteiger partial charge in [0, 0.05) is 6.54 Å². The minimum absolute atomic E-state index is 0.171. The van der Waals surface area contributed by atoms with Gasteiger partial charge in [-0.1, -0.05) is 36.4 Å². The van der Waals surface area contributed by atoms with Gasteiger partial charge in [-0.25, -0.2) is 4.99 Å². The summed E-state index contributed by atoms with van der Waals surface area (Å²) in [4.78, 5) is 17.6. The highest BCUT2D eigenvalue weighted by Gasteiger charge is 2.17. The van der Waals surface area contributed by atoms with Crippen molar-refractivity contribution in [3.8, 4) is 0 Å². The number of amides is 1. The molecule has 0 radical (unpaired) electrons. The summed E-state index contributed by atoms with van der Waals surface area (Å²) in [6, 6.07) is 16.0. The van der Waals surface area contributed by atoms with Crippen LogP contribution in [0.25, 0.3) is 0 Å². The fourth-order valence-corrected chi connectivity index (χ4v) is 2.97. The molecule has 2 N–H and O–H groups in total. The summed E-state index contributed by atoms with van der Waals surface area (Å²) in [5, 5.41) is 2.91. The van der Waals surface area contributed by atoms with E-state index < -0.39 is 0 Å². The van der Waals surface area contributed by atoms with Crippen molar-refractivity contribution in [3.05, 3.63) is 59.7 Å². The Kier molecular flexibility index (Phi) is 4.44. The van der Waals surface area contributed by atoms with E-state index in [0.717, 1.165) is 17.0 Å². The molecule has 4 nitrogen and oxygen atoms in total. The van der Waals surface area contributed by atoms with E-state index in [1.165, 1.54) is 23.1 Å². The molecule has 0 unspecified atom stereocenters. The molecule has 1 aliphatic rings. The Labute approximate surface area is 134 Å². The zero-order valence-corrected chi connectivity index (χ0v) is 13.1. The lowest BCUT2D eigenvalue weighted by molar-refractivity contribution is -0.114. The second-order valence-corrected chi connectivity index (χ2v) is 5.91. The van der Waals surface area contributed by atoms with Crippen LogP contribution in [0.1, 0.15) is 11.1 Å². The number of aliphatic imine (C=N–C) groups is 1. The molecular formula is C17H17N3OS. The summed E-state index contributed by atoms with van der Waals surface area (Å²) in [5.74, 6) is 0.184. The molecule has 1 aliphatic heterocycles. The number of hydrogen-bond donors (Lipinski definition) is 2. The normalized spacial score (nSPS) is 12.9. The van der Waals surface area contributed by atoms with Gasteiger partial charge >= 0.3 is 0 Å². The monoisotopic (exact) mass is 311 g/mol. The molecule has 22 heavy (non-hydrogen) atoms. The van der Waals surface area contributed by atoms with E-state index in [-0.39, 0.29) is 5.91 Å². The number of carbonyl (C=O) groups excluding carboxylic acids is 1.